The zero-order chi connectivity index (χ0) is 99.4. The molecule has 2 aromatic carbocycles. The number of aromatic nitrogens is 4. The largest absolute Gasteiger partial charge is 0.480 e. The topological polar surface area (TPSA) is 755 Å². The van der Waals surface area contributed by atoms with E-state index in [2.05, 4.69) is 93.7 Å². The molecule has 6 rings (SSSR count). The minimum atomic E-state index is -1.73. The van der Waals surface area contributed by atoms with Gasteiger partial charge in [0.25, 0.3) is 0 Å². The molecule has 2 aromatic heterocycles. The first-order chi connectivity index (χ1) is 64.3. The molecule has 0 unspecified atom stereocenters. The molecule has 0 bridgehead atoms. The van der Waals surface area contributed by atoms with E-state index in [-0.39, 0.29) is 190 Å². The smallest absolute Gasteiger partial charge is 0.326 e. The predicted octanol–water partition coefficient (Wildman–Crippen LogP) is -5.01. The molecule has 2 saturated heterocycles. The number of H-pyrrole nitrogens is 2. The van der Waals surface area contributed by atoms with Gasteiger partial charge in [0.2, 0.25) is 88.6 Å². The summed E-state index contributed by atoms with van der Waals surface area (Å²) in [7, 11) is 0. The van der Waals surface area contributed by atoms with Gasteiger partial charge in [-0.1, -0.05) is 102 Å². The Labute approximate surface area is 784 Å². The fourth-order valence-corrected chi connectivity index (χ4v) is 15.7. The first-order valence-electron chi connectivity index (χ1n) is 46.0. The summed E-state index contributed by atoms with van der Waals surface area (Å²) >= 11 is 0. The van der Waals surface area contributed by atoms with Crippen LogP contribution in [0.1, 0.15) is 180 Å². The van der Waals surface area contributed by atoms with E-state index in [0.29, 0.717) is 36.1 Å². The second-order valence-electron chi connectivity index (χ2n) is 35.2. The highest BCUT2D eigenvalue weighted by Gasteiger charge is 2.44. The number of aliphatic imine (C=N–C) groups is 2. The number of unbranched alkanes of at least 4 members (excludes halogenated alkanes) is 2. The normalized spacial score (nSPS) is 16.4. The molecule has 4 heterocycles. The van der Waals surface area contributed by atoms with Crippen molar-refractivity contribution in [2.45, 2.75) is 273 Å². The lowest BCUT2D eigenvalue weighted by molar-refractivity contribution is -0.145. The van der Waals surface area contributed by atoms with Crippen molar-refractivity contribution >= 4 is 106 Å². The summed E-state index contributed by atoms with van der Waals surface area (Å²) in [6, 6.07) is -3.81. The van der Waals surface area contributed by atoms with Crippen molar-refractivity contribution in [3.63, 3.8) is 0 Å². The summed E-state index contributed by atoms with van der Waals surface area (Å²) in [5.74, 6) is -15.7. The number of amides is 15. The fraction of sp³-hybridized carbons (Fsp3) is 0.596. The lowest BCUT2D eigenvalue weighted by atomic mass is 9.99. The molecule has 15 amide bonds. The molecule has 2 fully saturated rings. The molecule has 15 atom stereocenters. The lowest BCUT2D eigenvalue weighted by Gasteiger charge is -2.31. The van der Waals surface area contributed by atoms with Crippen molar-refractivity contribution in [2.24, 2.45) is 73.6 Å². The van der Waals surface area contributed by atoms with Gasteiger partial charge in [-0.15, -0.1) is 0 Å². The number of aliphatic carboxylic acids is 1. The van der Waals surface area contributed by atoms with E-state index in [1.54, 1.807) is 102 Å². The van der Waals surface area contributed by atoms with Gasteiger partial charge in [-0.3, -0.25) is 81.9 Å². The molecule has 0 aliphatic carbocycles. The van der Waals surface area contributed by atoms with Crippen molar-refractivity contribution in [2.75, 3.05) is 45.9 Å². The number of guanidine groups is 2. The lowest BCUT2D eigenvalue weighted by Crippen LogP contribution is -2.61. The third-order valence-electron chi connectivity index (χ3n) is 22.6. The number of benzene rings is 2. The quantitative estimate of drug-likeness (QED) is 0.0112. The molecule has 0 saturated carbocycles. The number of imidazole rings is 2. The number of nitrogens with one attached hydrogen (secondary N) is 14. The zero-order valence-electron chi connectivity index (χ0n) is 77.7. The van der Waals surface area contributed by atoms with Crippen molar-refractivity contribution in [3.8, 4) is 0 Å². The summed E-state index contributed by atoms with van der Waals surface area (Å²) < 4.78 is 0. The number of carbonyl (C=O) groups is 16. The van der Waals surface area contributed by atoms with Crippen LogP contribution in [0.4, 0.5) is 0 Å². The van der Waals surface area contributed by atoms with Gasteiger partial charge in [-0.2, -0.15) is 0 Å². The fourth-order valence-electron chi connectivity index (χ4n) is 15.7. The number of aliphatic hydroxyl groups excluding tert-OH is 1. The molecule has 135 heavy (non-hydrogen) atoms. The first-order valence-corrected chi connectivity index (χ1v) is 46.0. The van der Waals surface area contributed by atoms with Crippen LogP contribution >= 0.6 is 0 Å². The van der Waals surface area contributed by atoms with Crippen LogP contribution < -0.4 is 110 Å². The minimum Gasteiger partial charge on any atom is -0.480 e. The molecule has 0 spiro atoms. The molecule has 2 aliphatic rings. The Hall–Kier alpha value is -13.2. The Balaban J connectivity index is 1.19. The van der Waals surface area contributed by atoms with E-state index >= 15 is 14.4 Å². The highest BCUT2D eigenvalue weighted by atomic mass is 16.4. The molecule has 46 heteroatoms. The number of rotatable bonds is 60. The van der Waals surface area contributed by atoms with Crippen molar-refractivity contribution in [1.82, 2.24) is 93.5 Å². The maximum absolute atomic E-state index is 15.2. The Bertz CT molecular complexity index is 4580. The first kappa shape index (κ1) is 111. The minimum absolute atomic E-state index is 0.0211. The van der Waals surface area contributed by atoms with Crippen molar-refractivity contribution < 1.29 is 86.9 Å². The van der Waals surface area contributed by atoms with Gasteiger partial charge in [-0.05, 0) is 158 Å². The number of carboxylic acid groups (broad SMARTS) is 1. The van der Waals surface area contributed by atoms with Crippen LogP contribution in [0, 0.1) is 17.8 Å². The van der Waals surface area contributed by atoms with E-state index in [9.17, 15) is 72.5 Å². The number of hydrogen-bond acceptors (Lipinski definition) is 24. The van der Waals surface area contributed by atoms with Gasteiger partial charge in [0.1, 0.15) is 84.6 Å². The predicted molar refractivity (Wildman–Crippen MR) is 498 cm³/mol. The Kier molecular flexibility index (Phi) is 47.0. The van der Waals surface area contributed by atoms with Crippen LogP contribution in [0.2, 0.25) is 0 Å². The van der Waals surface area contributed by atoms with E-state index in [4.69, 9.17) is 45.9 Å². The van der Waals surface area contributed by atoms with Gasteiger partial charge < -0.3 is 140 Å². The van der Waals surface area contributed by atoms with Crippen LogP contribution in [-0.2, 0) is 102 Å². The second-order valence-corrected chi connectivity index (χ2v) is 35.2. The van der Waals surface area contributed by atoms with Gasteiger partial charge >= 0.3 is 5.97 Å². The van der Waals surface area contributed by atoms with Crippen LogP contribution in [-0.4, -0.2) is 283 Å². The zero-order valence-corrected chi connectivity index (χ0v) is 77.7. The average molecular weight is 1890 g/mol. The van der Waals surface area contributed by atoms with Crippen LogP contribution in [0.5, 0.6) is 0 Å². The van der Waals surface area contributed by atoms with Crippen molar-refractivity contribution in [3.05, 3.63) is 108 Å². The van der Waals surface area contributed by atoms with E-state index in [0.717, 1.165) is 0 Å². The molecule has 2 aliphatic heterocycles. The van der Waals surface area contributed by atoms with Gasteiger partial charge in [-0.25, -0.2) is 14.8 Å². The van der Waals surface area contributed by atoms with E-state index in [1.165, 1.54) is 34.8 Å². The monoisotopic (exact) mass is 1890 g/mol. The molecule has 46 nitrogen and oxygen atoms in total. The molecular formula is C89H140N28O18. The number of nitrogens with zero attached hydrogens (tertiary/aromatic N) is 6. The third kappa shape index (κ3) is 38.3. The number of carbonyl (C=O) groups excluding carboxylic acids is 15. The summed E-state index contributed by atoms with van der Waals surface area (Å²) in [6.07, 6.45) is 6.26. The number of likely N-dealkylation sites (tertiary alicyclic amines) is 2. The van der Waals surface area contributed by atoms with E-state index in [1.807, 2.05) is 0 Å². The Morgan fingerprint density at radius 3 is 1.12 bits per heavy atom. The Morgan fingerprint density at radius 2 is 0.741 bits per heavy atom. The van der Waals surface area contributed by atoms with Crippen LogP contribution in [0.15, 0.2) is 95.7 Å². The number of aromatic amines is 2. The van der Waals surface area contributed by atoms with Crippen LogP contribution in [0.25, 0.3) is 0 Å². The molecule has 744 valence electrons. The summed E-state index contributed by atoms with van der Waals surface area (Å²) in [5.41, 5.74) is 47.7. The second kappa shape index (κ2) is 57.4. The molecule has 4 aromatic rings. The third-order valence-corrected chi connectivity index (χ3v) is 22.6. The maximum Gasteiger partial charge on any atom is 0.326 e. The number of aliphatic hydroxyl groups is 1. The van der Waals surface area contributed by atoms with Gasteiger partial charge in [0.15, 0.2) is 11.9 Å². The van der Waals surface area contributed by atoms with E-state index < -0.39 is 198 Å². The summed E-state index contributed by atoms with van der Waals surface area (Å²) in [5, 5.41) is 52.9. The molecule has 32 N–H and O–H groups in total. The molecule has 0 radical (unpaired) electrons. The number of nitrogens with two attached hydrogens (primary N) is 8. The average Bonchev–Trinajstić information content (AvgIpc) is 1.68. The van der Waals surface area contributed by atoms with Gasteiger partial charge in [0.05, 0.1) is 43.1 Å². The summed E-state index contributed by atoms with van der Waals surface area (Å²) in [6.45, 7) is 10.1. The SMILES string of the molecule is CC(C)C[C@H](NC(=O)[C@H](CCCN=C(N)N)NC(=O)[C@H](CCCCN)NC(=O)[C@H](CCCCN)NC(=O)[C@H](Cc1c[nH]cn1)NC(=O)[C@H](CC(N)=O)NC(=O)[C@@H](N)Cc1ccccc1)C(=O)N[C@@H](CC(C)C)C(=O)N[C@@H](Cc1c[nH]cn1)C(=O)N1CCC[C@H]1C(=O)N[C@@H](CO)C(=O)N[C@@H](CC(C)C)C(=O)N[C@@H](Cc1ccccc1)C(=O)N1CCC[C@H]1C(=O)N[C@@H](CCCN=C(N)N)C(=O)O. The number of carboxylic acids is 1. The van der Waals surface area contributed by atoms with Crippen LogP contribution in [0.3, 0.4) is 0 Å². The number of hydrogen-bond donors (Lipinski definition) is 24. The standard InChI is InChI=1S/C89H140N28O18/c1-50(2)37-62(109-76(123)60(27-17-33-100-88(94)95)105-74(121)58(25-13-15-31-90)104-75(122)59(26-14-16-32-91)106-80(127)65(42-55-45-98-48-102-55)112-81(128)66(44-72(93)119)108-73(120)57(92)40-53-21-9-7-10-22-53)77(124)110-63(38-51(3)4)79(126)114-68(43-56-46-99-49-103-56)86(133)117-36-20-30-71(117)84(131)115-69(47-118)82(129)111-64(39-52(5)6)78(125)113-67(41-54-23-11-8-12-24-54)85(132)116-35-19-29-70(116)83(130)107-61(87(134)135)28-18-34-101-89(96)97/h7-12,21-24,45-46,48-52,57-71,118H,13-20,25-44,47,90-92H2,1-6H3,(H2,93,119)(H,98,102)(H,99,103)(H,104,122)(H,105,121)(H,106,127)(H,107,130)(H,108,120)(H,109,123)(H,110,124)(H,111,129)(H,112,128)(H,113,125)(H,114,126)(H,115,131)(H,134,135)(H4,94,95,100)(H4,96,97,101)/t57-,58-,59-,60-,61-,62-,63-,64-,65-,66-,67-,68-,69-,70-,71-/m0/s1. The summed E-state index contributed by atoms with van der Waals surface area (Å²) in [4.78, 5) is 254. The highest BCUT2D eigenvalue weighted by Crippen LogP contribution is 2.24. The van der Waals surface area contributed by atoms with Crippen molar-refractivity contribution in [1.29, 1.82) is 0 Å². The number of primary amides is 1. The van der Waals surface area contributed by atoms with Gasteiger partial charge in [0, 0.05) is 57.8 Å². The maximum atomic E-state index is 15.2. The Morgan fingerprint density at radius 1 is 0.407 bits per heavy atom. The highest BCUT2D eigenvalue weighted by molar-refractivity contribution is 6.01. The molecular weight excluding hydrogens is 1750 g/mol.